The number of benzene rings is 2. The third kappa shape index (κ3) is 4.40. The van der Waals surface area contributed by atoms with Gasteiger partial charge in [-0.2, -0.15) is 0 Å². The summed E-state index contributed by atoms with van der Waals surface area (Å²) in [6, 6.07) is 14.1. The van der Waals surface area contributed by atoms with E-state index in [-0.39, 0.29) is 37.4 Å². The van der Waals surface area contributed by atoms with Crippen LogP contribution in [0, 0.1) is 0 Å². The maximum atomic E-state index is 13.4. The maximum absolute atomic E-state index is 13.4. The summed E-state index contributed by atoms with van der Waals surface area (Å²) in [5.74, 6) is 1.58. The Labute approximate surface area is 204 Å². The van der Waals surface area contributed by atoms with Gasteiger partial charge in [0.25, 0.3) is 5.56 Å². The van der Waals surface area contributed by atoms with Crippen LogP contribution in [0.15, 0.2) is 63.5 Å². The molecule has 1 amide bonds. The van der Waals surface area contributed by atoms with E-state index in [1.165, 1.54) is 15.9 Å². The summed E-state index contributed by atoms with van der Waals surface area (Å²) in [6.45, 7) is 1.83. The maximum Gasteiger partial charge on any atom is 0.332 e. The van der Waals surface area contributed by atoms with Crippen LogP contribution in [0.1, 0.15) is 24.1 Å². The van der Waals surface area contributed by atoms with Crippen molar-refractivity contribution >= 4 is 27.5 Å². The Morgan fingerprint density at radius 3 is 2.63 bits per heavy atom. The monoisotopic (exact) mass is 493 g/mol. The lowest BCUT2D eigenvalue weighted by molar-refractivity contribution is -0.122. The van der Waals surface area contributed by atoms with Crippen molar-refractivity contribution in [3.8, 4) is 17.2 Å². The van der Waals surface area contributed by atoms with Crippen LogP contribution < -0.4 is 30.8 Å². The number of nitrogens with zero attached hydrogens (tertiary/aromatic N) is 2. The predicted octanol–water partition coefficient (Wildman–Crippen LogP) is 2.89. The zero-order valence-electron chi connectivity index (χ0n) is 19.1. The Bertz CT molecular complexity index is 1520. The number of carbonyl (C=O) groups is 1. The number of nitrogens with one attached hydrogen (secondary N) is 1. The van der Waals surface area contributed by atoms with E-state index in [1.807, 2.05) is 31.2 Å². The molecule has 1 aliphatic heterocycles. The number of methoxy groups -OCH3 is 1. The quantitative estimate of drug-likeness (QED) is 0.425. The Kier molecular flexibility index (Phi) is 6.04. The van der Waals surface area contributed by atoms with E-state index in [9.17, 15) is 14.4 Å². The Morgan fingerprint density at radius 2 is 1.86 bits per heavy atom. The van der Waals surface area contributed by atoms with Gasteiger partial charge in [-0.25, -0.2) is 4.79 Å². The second-order valence-electron chi connectivity index (χ2n) is 8.14. The smallest absolute Gasteiger partial charge is 0.332 e. The SMILES string of the molecule is COc1ccc(C(C)NC(=O)Cn2c(=O)n(Cc3ccc4c(c3)OCO4)c(=O)c3sccc32)cc1. The van der Waals surface area contributed by atoms with Gasteiger partial charge in [0, 0.05) is 0 Å². The van der Waals surface area contributed by atoms with Crippen LogP contribution in [0.2, 0.25) is 0 Å². The molecule has 0 saturated heterocycles. The highest BCUT2D eigenvalue weighted by atomic mass is 32.1. The topological polar surface area (TPSA) is 101 Å². The average Bonchev–Trinajstić information content (AvgIpc) is 3.54. The number of ether oxygens (including phenoxy) is 3. The molecule has 35 heavy (non-hydrogen) atoms. The highest BCUT2D eigenvalue weighted by Crippen LogP contribution is 2.32. The normalized spacial score (nSPS) is 13.1. The summed E-state index contributed by atoms with van der Waals surface area (Å²) < 4.78 is 18.8. The molecule has 0 spiro atoms. The summed E-state index contributed by atoms with van der Waals surface area (Å²) in [4.78, 5) is 39.4. The molecule has 9 nitrogen and oxygen atoms in total. The first kappa shape index (κ1) is 22.7. The molecule has 0 radical (unpaired) electrons. The summed E-state index contributed by atoms with van der Waals surface area (Å²) in [5, 5.41) is 4.67. The average molecular weight is 494 g/mol. The first-order valence-corrected chi connectivity index (χ1v) is 11.8. The molecule has 2 aromatic carbocycles. The third-order valence-electron chi connectivity index (χ3n) is 5.91. The molecule has 10 heteroatoms. The predicted molar refractivity (Wildman–Crippen MR) is 132 cm³/mol. The molecule has 1 N–H and O–H groups in total. The Balaban J connectivity index is 1.42. The fourth-order valence-corrected chi connectivity index (χ4v) is 4.90. The van der Waals surface area contributed by atoms with E-state index in [0.717, 1.165) is 15.9 Å². The second kappa shape index (κ2) is 9.30. The summed E-state index contributed by atoms with van der Waals surface area (Å²) in [5.41, 5.74) is 1.12. The van der Waals surface area contributed by atoms with E-state index in [4.69, 9.17) is 14.2 Å². The Morgan fingerprint density at radius 1 is 1.09 bits per heavy atom. The van der Waals surface area contributed by atoms with Gasteiger partial charge in [0.2, 0.25) is 12.7 Å². The van der Waals surface area contributed by atoms with E-state index in [0.29, 0.717) is 27.3 Å². The van der Waals surface area contributed by atoms with Crippen LogP contribution in [0.5, 0.6) is 17.2 Å². The molecule has 3 heterocycles. The highest BCUT2D eigenvalue weighted by molar-refractivity contribution is 7.17. The molecule has 5 rings (SSSR count). The molecular weight excluding hydrogens is 470 g/mol. The van der Waals surface area contributed by atoms with Gasteiger partial charge in [0.1, 0.15) is 17.0 Å². The molecule has 4 aromatic rings. The van der Waals surface area contributed by atoms with Crippen LogP contribution >= 0.6 is 11.3 Å². The zero-order chi connectivity index (χ0) is 24.5. The van der Waals surface area contributed by atoms with Crippen LogP contribution in [-0.4, -0.2) is 28.9 Å². The van der Waals surface area contributed by atoms with Crippen molar-refractivity contribution in [3.05, 3.63) is 85.9 Å². The number of hydrogen-bond donors (Lipinski definition) is 1. The van der Waals surface area contributed by atoms with Crippen molar-refractivity contribution in [2.24, 2.45) is 0 Å². The van der Waals surface area contributed by atoms with Gasteiger partial charge in [-0.1, -0.05) is 18.2 Å². The van der Waals surface area contributed by atoms with Crippen molar-refractivity contribution in [3.63, 3.8) is 0 Å². The van der Waals surface area contributed by atoms with E-state index >= 15 is 0 Å². The van der Waals surface area contributed by atoms with Crippen molar-refractivity contribution < 1.29 is 19.0 Å². The third-order valence-corrected chi connectivity index (χ3v) is 6.80. The molecule has 0 aliphatic carbocycles. The van der Waals surface area contributed by atoms with Crippen LogP contribution in [0.25, 0.3) is 10.2 Å². The molecule has 1 aliphatic rings. The Hall–Kier alpha value is -4.05. The van der Waals surface area contributed by atoms with Crippen LogP contribution in [0.3, 0.4) is 0 Å². The van der Waals surface area contributed by atoms with Gasteiger partial charge in [-0.15, -0.1) is 11.3 Å². The van der Waals surface area contributed by atoms with Gasteiger partial charge < -0.3 is 19.5 Å². The number of hydrogen-bond acceptors (Lipinski definition) is 7. The van der Waals surface area contributed by atoms with Gasteiger partial charge in [-0.05, 0) is 53.8 Å². The number of aromatic nitrogens is 2. The summed E-state index contributed by atoms with van der Waals surface area (Å²) in [6.07, 6.45) is 0. The molecular formula is C25H23N3O6S. The van der Waals surface area contributed by atoms with Crippen LogP contribution in [0.4, 0.5) is 0 Å². The number of fused-ring (bicyclic) bond motifs is 2. The lowest BCUT2D eigenvalue weighted by Gasteiger charge is -2.16. The van der Waals surface area contributed by atoms with Crippen molar-refractivity contribution in [1.29, 1.82) is 0 Å². The molecule has 1 atom stereocenters. The number of rotatable bonds is 7. The molecule has 2 aromatic heterocycles. The van der Waals surface area contributed by atoms with Crippen molar-refractivity contribution in [2.75, 3.05) is 13.9 Å². The van der Waals surface area contributed by atoms with E-state index in [1.54, 1.807) is 36.8 Å². The summed E-state index contributed by atoms with van der Waals surface area (Å²) in [7, 11) is 1.59. The van der Waals surface area contributed by atoms with Gasteiger partial charge in [0.15, 0.2) is 11.5 Å². The number of thiophene rings is 1. The van der Waals surface area contributed by atoms with E-state index in [2.05, 4.69) is 5.32 Å². The first-order chi connectivity index (χ1) is 16.9. The van der Waals surface area contributed by atoms with E-state index < -0.39 is 5.69 Å². The van der Waals surface area contributed by atoms with Gasteiger partial charge in [0.05, 0.1) is 25.2 Å². The fraction of sp³-hybridized carbons (Fsp3) is 0.240. The zero-order valence-corrected chi connectivity index (χ0v) is 20.0. The largest absolute Gasteiger partial charge is 0.497 e. The summed E-state index contributed by atoms with van der Waals surface area (Å²) >= 11 is 1.24. The number of amides is 1. The van der Waals surface area contributed by atoms with Gasteiger partial charge >= 0.3 is 5.69 Å². The molecule has 0 saturated carbocycles. The van der Waals surface area contributed by atoms with Gasteiger partial charge in [-0.3, -0.25) is 18.7 Å². The number of carbonyl (C=O) groups excluding carboxylic acids is 1. The highest BCUT2D eigenvalue weighted by Gasteiger charge is 2.19. The van der Waals surface area contributed by atoms with Crippen molar-refractivity contribution in [1.82, 2.24) is 14.5 Å². The standard InChI is InChI=1S/C25H23N3O6S/c1-15(17-4-6-18(32-2)7-5-17)26-22(29)13-27-19-9-10-35-23(19)24(30)28(25(27)31)12-16-3-8-20-21(11-16)34-14-33-20/h3-11,15H,12-14H2,1-2H3,(H,26,29). The van der Waals surface area contributed by atoms with Crippen molar-refractivity contribution in [2.45, 2.75) is 26.1 Å². The molecule has 1 unspecified atom stereocenters. The molecule has 0 fully saturated rings. The lowest BCUT2D eigenvalue weighted by Crippen LogP contribution is -2.42. The fourth-order valence-electron chi connectivity index (χ4n) is 4.05. The second-order valence-corrected chi connectivity index (χ2v) is 9.06. The minimum absolute atomic E-state index is 0.0476. The molecule has 180 valence electrons. The minimum Gasteiger partial charge on any atom is -0.497 e. The molecule has 0 bridgehead atoms. The minimum atomic E-state index is -0.550. The van der Waals surface area contributed by atoms with Crippen LogP contribution in [-0.2, 0) is 17.9 Å². The lowest BCUT2D eigenvalue weighted by atomic mass is 10.1. The first-order valence-electron chi connectivity index (χ1n) is 11.0.